The smallest absolute Gasteiger partial charge is 0.308 e. The normalized spacial score (nSPS) is 22.7. The van der Waals surface area contributed by atoms with Gasteiger partial charge in [0, 0.05) is 31.5 Å². The molecule has 1 heterocycles. The molecule has 4 nitrogen and oxygen atoms in total. The number of hydrogen-bond acceptors (Lipinski definition) is 3. The van der Waals surface area contributed by atoms with Gasteiger partial charge < -0.3 is 14.6 Å². The van der Waals surface area contributed by atoms with Crippen molar-refractivity contribution in [3.8, 4) is 0 Å². The molecular formula is C16H26N2O2. The molecule has 0 spiro atoms. The summed E-state index contributed by atoms with van der Waals surface area (Å²) in [6, 6.07) is 2.70. The number of nitrogens with zero attached hydrogens (tertiary/aromatic N) is 1. The number of esters is 1. The first kappa shape index (κ1) is 15.1. The van der Waals surface area contributed by atoms with Gasteiger partial charge in [-0.05, 0) is 51.2 Å². The monoisotopic (exact) mass is 278 g/mol. The minimum absolute atomic E-state index is 0.00836. The fraction of sp³-hybridized carbons (Fsp3) is 0.688. The van der Waals surface area contributed by atoms with Gasteiger partial charge in [-0.25, -0.2) is 0 Å². The SMILES string of the molecule is CCOC(=O)C1CCC(NCc2ccn(CC)c2)CC1. The van der Waals surface area contributed by atoms with Crippen LogP contribution in [0.2, 0.25) is 0 Å². The van der Waals surface area contributed by atoms with E-state index in [0.29, 0.717) is 12.6 Å². The molecule has 0 radical (unpaired) electrons. The van der Waals surface area contributed by atoms with Gasteiger partial charge in [-0.1, -0.05) is 0 Å². The van der Waals surface area contributed by atoms with Crippen molar-refractivity contribution in [1.29, 1.82) is 0 Å². The Morgan fingerprint density at radius 1 is 1.35 bits per heavy atom. The summed E-state index contributed by atoms with van der Waals surface area (Å²) in [4.78, 5) is 11.7. The van der Waals surface area contributed by atoms with Gasteiger partial charge >= 0.3 is 5.97 Å². The molecule has 1 aliphatic rings. The first-order chi connectivity index (χ1) is 9.72. The maximum atomic E-state index is 11.7. The molecule has 1 N–H and O–H groups in total. The van der Waals surface area contributed by atoms with Crippen LogP contribution in [0.5, 0.6) is 0 Å². The van der Waals surface area contributed by atoms with E-state index in [2.05, 4.69) is 35.3 Å². The van der Waals surface area contributed by atoms with Crippen molar-refractivity contribution in [2.45, 2.75) is 58.7 Å². The lowest BCUT2D eigenvalue weighted by molar-refractivity contribution is -0.149. The number of hydrogen-bond donors (Lipinski definition) is 1. The van der Waals surface area contributed by atoms with Gasteiger partial charge in [0.2, 0.25) is 0 Å². The van der Waals surface area contributed by atoms with E-state index in [-0.39, 0.29) is 11.9 Å². The average Bonchev–Trinajstić information content (AvgIpc) is 2.94. The van der Waals surface area contributed by atoms with E-state index < -0.39 is 0 Å². The van der Waals surface area contributed by atoms with Gasteiger partial charge in [-0.15, -0.1) is 0 Å². The lowest BCUT2D eigenvalue weighted by Crippen LogP contribution is -2.35. The number of carbonyl (C=O) groups excluding carboxylic acids is 1. The molecule has 2 rings (SSSR count). The summed E-state index contributed by atoms with van der Waals surface area (Å²) in [5, 5.41) is 3.60. The van der Waals surface area contributed by atoms with Gasteiger partial charge in [0.05, 0.1) is 12.5 Å². The molecule has 0 atom stereocenters. The molecule has 0 aromatic carbocycles. The van der Waals surface area contributed by atoms with Crippen LogP contribution in [-0.4, -0.2) is 23.2 Å². The lowest BCUT2D eigenvalue weighted by atomic mass is 9.86. The summed E-state index contributed by atoms with van der Waals surface area (Å²) in [6.45, 7) is 6.44. The Balaban J connectivity index is 1.70. The Morgan fingerprint density at radius 3 is 2.70 bits per heavy atom. The standard InChI is InChI=1S/C16H26N2O2/c1-3-18-10-9-13(12-18)11-17-15-7-5-14(6-8-15)16(19)20-4-2/h9-10,12,14-15,17H,3-8,11H2,1-2H3. The number of ether oxygens (including phenoxy) is 1. The van der Waals surface area contributed by atoms with Crippen molar-refractivity contribution in [3.05, 3.63) is 24.0 Å². The van der Waals surface area contributed by atoms with Gasteiger partial charge in [-0.2, -0.15) is 0 Å². The fourth-order valence-electron chi connectivity index (χ4n) is 2.85. The topological polar surface area (TPSA) is 43.3 Å². The minimum Gasteiger partial charge on any atom is -0.466 e. The molecule has 0 bridgehead atoms. The Bertz CT molecular complexity index is 420. The zero-order valence-corrected chi connectivity index (χ0v) is 12.6. The Labute approximate surface area is 121 Å². The highest BCUT2D eigenvalue weighted by molar-refractivity contribution is 5.72. The molecule has 0 amide bonds. The number of rotatable bonds is 6. The third kappa shape index (κ3) is 4.10. The third-order valence-electron chi connectivity index (χ3n) is 4.12. The summed E-state index contributed by atoms with van der Waals surface area (Å²) in [6.07, 6.45) is 8.35. The first-order valence-corrected chi connectivity index (χ1v) is 7.77. The highest BCUT2D eigenvalue weighted by atomic mass is 16.5. The molecule has 1 aromatic heterocycles. The quantitative estimate of drug-likeness (QED) is 0.814. The van der Waals surface area contributed by atoms with Crippen molar-refractivity contribution in [3.63, 3.8) is 0 Å². The molecule has 0 unspecified atom stereocenters. The number of nitrogens with one attached hydrogen (secondary N) is 1. The molecule has 20 heavy (non-hydrogen) atoms. The van der Waals surface area contributed by atoms with Crippen LogP contribution in [-0.2, 0) is 22.6 Å². The summed E-state index contributed by atoms with van der Waals surface area (Å²) < 4.78 is 7.29. The molecular weight excluding hydrogens is 252 g/mol. The average molecular weight is 278 g/mol. The van der Waals surface area contributed by atoms with E-state index >= 15 is 0 Å². The Morgan fingerprint density at radius 2 is 2.10 bits per heavy atom. The summed E-state index contributed by atoms with van der Waals surface area (Å²) in [7, 11) is 0. The summed E-state index contributed by atoms with van der Waals surface area (Å²) in [5.41, 5.74) is 1.33. The number of aromatic nitrogens is 1. The van der Waals surface area contributed by atoms with Crippen molar-refractivity contribution in [2.24, 2.45) is 5.92 Å². The minimum atomic E-state index is -0.00836. The Kier molecular flexibility index (Phi) is 5.65. The van der Waals surface area contributed by atoms with E-state index in [0.717, 1.165) is 38.8 Å². The van der Waals surface area contributed by atoms with E-state index in [4.69, 9.17) is 4.74 Å². The largest absolute Gasteiger partial charge is 0.466 e. The van der Waals surface area contributed by atoms with Gasteiger partial charge in [0.15, 0.2) is 0 Å². The first-order valence-electron chi connectivity index (χ1n) is 7.77. The second-order valence-corrected chi connectivity index (χ2v) is 5.53. The van der Waals surface area contributed by atoms with Gasteiger partial charge in [-0.3, -0.25) is 4.79 Å². The predicted molar refractivity (Wildman–Crippen MR) is 79.3 cm³/mol. The van der Waals surface area contributed by atoms with Crippen LogP contribution in [0, 0.1) is 5.92 Å². The van der Waals surface area contributed by atoms with Crippen molar-refractivity contribution in [1.82, 2.24) is 9.88 Å². The maximum Gasteiger partial charge on any atom is 0.308 e. The molecule has 1 aliphatic carbocycles. The van der Waals surface area contributed by atoms with Gasteiger partial charge in [0.25, 0.3) is 0 Å². The van der Waals surface area contributed by atoms with Crippen LogP contribution < -0.4 is 5.32 Å². The van der Waals surface area contributed by atoms with E-state index in [1.165, 1.54) is 5.56 Å². The number of carbonyl (C=O) groups is 1. The zero-order valence-electron chi connectivity index (χ0n) is 12.6. The molecule has 112 valence electrons. The molecule has 1 saturated carbocycles. The highest BCUT2D eigenvalue weighted by Gasteiger charge is 2.26. The zero-order chi connectivity index (χ0) is 14.4. The third-order valence-corrected chi connectivity index (χ3v) is 4.12. The van der Waals surface area contributed by atoms with E-state index in [1.54, 1.807) is 0 Å². The van der Waals surface area contributed by atoms with Crippen molar-refractivity contribution >= 4 is 5.97 Å². The van der Waals surface area contributed by atoms with Crippen LogP contribution in [0.1, 0.15) is 45.1 Å². The molecule has 1 aromatic rings. The fourth-order valence-corrected chi connectivity index (χ4v) is 2.85. The van der Waals surface area contributed by atoms with Crippen LogP contribution in [0.4, 0.5) is 0 Å². The highest BCUT2D eigenvalue weighted by Crippen LogP contribution is 2.25. The lowest BCUT2D eigenvalue weighted by Gasteiger charge is -2.27. The summed E-state index contributed by atoms with van der Waals surface area (Å²) in [5.74, 6) is 0.111. The summed E-state index contributed by atoms with van der Waals surface area (Å²) >= 11 is 0. The van der Waals surface area contributed by atoms with Crippen LogP contribution >= 0.6 is 0 Å². The molecule has 0 aliphatic heterocycles. The van der Waals surface area contributed by atoms with Crippen LogP contribution in [0.25, 0.3) is 0 Å². The Hall–Kier alpha value is -1.29. The van der Waals surface area contributed by atoms with Crippen molar-refractivity contribution < 1.29 is 9.53 Å². The second kappa shape index (κ2) is 7.48. The molecule has 0 saturated heterocycles. The van der Waals surface area contributed by atoms with Crippen LogP contribution in [0.15, 0.2) is 18.5 Å². The van der Waals surface area contributed by atoms with Crippen molar-refractivity contribution in [2.75, 3.05) is 6.61 Å². The second-order valence-electron chi connectivity index (χ2n) is 5.53. The van der Waals surface area contributed by atoms with Crippen LogP contribution in [0.3, 0.4) is 0 Å². The molecule has 4 heteroatoms. The predicted octanol–water partition coefficient (Wildman–Crippen LogP) is 2.72. The molecule has 1 fully saturated rings. The maximum absolute atomic E-state index is 11.7. The van der Waals surface area contributed by atoms with E-state index in [9.17, 15) is 4.79 Å². The van der Waals surface area contributed by atoms with Gasteiger partial charge in [0.1, 0.15) is 0 Å². The van der Waals surface area contributed by atoms with E-state index in [1.807, 2.05) is 6.92 Å². The number of aryl methyl sites for hydroxylation is 1.